The summed E-state index contributed by atoms with van der Waals surface area (Å²) in [6.45, 7) is 2.08. The van der Waals surface area contributed by atoms with Crippen molar-refractivity contribution in [3.05, 3.63) is 27.7 Å². The van der Waals surface area contributed by atoms with E-state index in [0.29, 0.717) is 12.0 Å². The second-order valence-electron chi connectivity index (χ2n) is 5.47. The fourth-order valence-electron chi connectivity index (χ4n) is 2.52. The molecule has 0 bridgehead atoms. The summed E-state index contributed by atoms with van der Waals surface area (Å²) < 4.78 is 0.836. The van der Waals surface area contributed by atoms with Gasteiger partial charge in [0.15, 0.2) is 5.78 Å². The summed E-state index contributed by atoms with van der Waals surface area (Å²) in [5.74, 6) is 1.07. The van der Waals surface area contributed by atoms with Crippen molar-refractivity contribution in [2.45, 2.75) is 51.9 Å². The maximum absolute atomic E-state index is 12.3. The number of aryl methyl sites for hydroxylation is 1. The minimum absolute atomic E-state index is 0.0918. The molecule has 0 spiro atoms. The highest BCUT2D eigenvalue weighted by atomic mass is 79.9. The molecule has 1 aliphatic rings. The van der Waals surface area contributed by atoms with Gasteiger partial charge in [0.05, 0.1) is 5.56 Å². The Labute approximate surface area is 123 Å². The highest BCUT2D eigenvalue weighted by Gasteiger charge is 2.22. The molecule has 0 saturated heterocycles. The largest absolute Gasteiger partial charge is 0.507 e. The summed E-state index contributed by atoms with van der Waals surface area (Å²) in [4.78, 5) is 12.3. The first kappa shape index (κ1) is 14.6. The molecule has 1 saturated carbocycles. The number of benzene rings is 1. The number of carbonyl (C=O) groups excluding carboxylic acids is 1. The molecule has 1 fully saturated rings. The Bertz CT molecular complexity index is 464. The monoisotopic (exact) mass is 324 g/mol. The van der Waals surface area contributed by atoms with E-state index in [-0.39, 0.29) is 11.5 Å². The van der Waals surface area contributed by atoms with Crippen LogP contribution in [0.5, 0.6) is 5.75 Å². The lowest BCUT2D eigenvalue weighted by Crippen LogP contribution is -2.05. The van der Waals surface area contributed by atoms with Crippen molar-refractivity contribution < 1.29 is 9.90 Å². The molecule has 1 N–H and O–H groups in total. The van der Waals surface area contributed by atoms with Crippen LogP contribution in [0.2, 0.25) is 0 Å². The number of carbonyl (C=O) groups is 1. The molecule has 0 aliphatic heterocycles. The molecule has 2 rings (SSSR count). The van der Waals surface area contributed by atoms with Crippen LogP contribution in [0.15, 0.2) is 16.6 Å². The molecule has 0 amide bonds. The van der Waals surface area contributed by atoms with Gasteiger partial charge >= 0.3 is 0 Å². The van der Waals surface area contributed by atoms with Crippen LogP contribution in [0.3, 0.4) is 0 Å². The summed E-state index contributed by atoms with van der Waals surface area (Å²) in [5, 5.41) is 10.0. The molecule has 19 heavy (non-hydrogen) atoms. The van der Waals surface area contributed by atoms with Crippen LogP contribution in [0.1, 0.15) is 61.4 Å². The van der Waals surface area contributed by atoms with E-state index in [0.717, 1.165) is 41.6 Å². The van der Waals surface area contributed by atoms with E-state index in [4.69, 9.17) is 0 Å². The van der Waals surface area contributed by atoms with E-state index >= 15 is 0 Å². The van der Waals surface area contributed by atoms with Gasteiger partial charge in [0, 0.05) is 10.9 Å². The van der Waals surface area contributed by atoms with E-state index in [1.807, 2.05) is 6.07 Å². The van der Waals surface area contributed by atoms with Crippen LogP contribution < -0.4 is 0 Å². The molecule has 2 nitrogen and oxygen atoms in total. The summed E-state index contributed by atoms with van der Waals surface area (Å²) in [6.07, 6.45) is 7.13. The highest BCUT2D eigenvalue weighted by Crippen LogP contribution is 2.35. The predicted molar refractivity (Wildman–Crippen MR) is 80.7 cm³/mol. The van der Waals surface area contributed by atoms with Crippen molar-refractivity contribution in [3.8, 4) is 5.75 Å². The van der Waals surface area contributed by atoms with E-state index in [1.165, 1.54) is 12.8 Å². The first-order valence-corrected chi connectivity index (χ1v) is 7.95. The number of phenolic OH excluding ortho intramolecular Hbond substituents is 1. The Morgan fingerprint density at radius 3 is 2.79 bits per heavy atom. The second kappa shape index (κ2) is 6.56. The molecule has 1 aromatic rings. The molecule has 1 aliphatic carbocycles. The van der Waals surface area contributed by atoms with E-state index in [1.54, 1.807) is 6.07 Å². The molecule has 3 heteroatoms. The Morgan fingerprint density at radius 2 is 2.16 bits per heavy atom. The van der Waals surface area contributed by atoms with Crippen molar-refractivity contribution >= 4 is 21.7 Å². The number of Topliss-reactive ketones (excluding diaryl/α,β-unsaturated/α-hetero) is 1. The average molecular weight is 325 g/mol. The predicted octanol–water partition coefficient (Wildman–Crippen LogP) is 4.87. The lowest BCUT2D eigenvalue weighted by Gasteiger charge is -2.11. The van der Waals surface area contributed by atoms with Crippen molar-refractivity contribution in [1.82, 2.24) is 0 Å². The van der Waals surface area contributed by atoms with E-state index in [9.17, 15) is 9.90 Å². The first-order valence-electron chi connectivity index (χ1n) is 7.16. The fourth-order valence-corrected chi connectivity index (χ4v) is 3.01. The number of halogens is 1. The summed E-state index contributed by atoms with van der Waals surface area (Å²) in [5.41, 5.74) is 1.51. The molecular weight excluding hydrogens is 304 g/mol. The van der Waals surface area contributed by atoms with Gasteiger partial charge in [-0.15, -0.1) is 0 Å². The van der Waals surface area contributed by atoms with Gasteiger partial charge in [0.1, 0.15) is 5.75 Å². The summed E-state index contributed by atoms with van der Waals surface area (Å²) in [6, 6.07) is 3.57. The van der Waals surface area contributed by atoms with Gasteiger partial charge in [0.2, 0.25) is 0 Å². The standard InChI is InChI=1S/C16H21BrO2/c1-2-4-12-9-13(17)10-15(19)16(12)14(18)6-3-5-11-7-8-11/h9-11,19H,2-8H2,1H3. The van der Waals surface area contributed by atoms with Gasteiger partial charge in [0.25, 0.3) is 0 Å². The smallest absolute Gasteiger partial charge is 0.166 e. The first-order chi connectivity index (χ1) is 9.11. The van der Waals surface area contributed by atoms with E-state index < -0.39 is 0 Å². The topological polar surface area (TPSA) is 37.3 Å². The summed E-state index contributed by atoms with van der Waals surface area (Å²) >= 11 is 3.37. The fraction of sp³-hybridized carbons (Fsp3) is 0.562. The van der Waals surface area contributed by atoms with Gasteiger partial charge in [-0.3, -0.25) is 4.79 Å². The minimum atomic E-state index is 0.0918. The van der Waals surface area contributed by atoms with Crippen LogP contribution in [-0.4, -0.2) is 10.9 Å². The number of aromatic hydroxyl groups is 1. The number of rotatable bonds is 7. The van der Waals surface area contributed by atoms with Gasteiger partial charge in [-0.1, -0.05) is 48.5 Å². The third kappa shape index (κ3) is 4.07. The molecule has 0 aromatic heterocycles. The lowest BCUT2D eigenvalue weighted by molar-refractivity contribution is 0.0975. The molecule has 0 atom stereocenters. The SMILES string of the molecule is CCCc1cc(Br)cc(O)c1C(=O)CCCC1CC1. The van der Waals surface area contributed by atoms with Crippen LogP contribution in [0, 0.1) is 5.92 Å². The third-order valence-corrected chi connectivity index (χ3v) is 4.13. The normalized spacial score (nSPS) is 14.6. The lowest BCUT2D eigenvalue weighted by atomic mass is 9.96. The zero-order valence-electron chi connectivity index (χ0n) is 11.4. The minimum Gasteiger partial charge on any atom is -0.507 e. The van der Waals surface area contributed by atoms with Crippen molar-refractivity contribution in [2.75, 3.05) is 0 Å². The molecule has 0 radical (unpaired) electrons. The zero-order valence-corrected chi connectivity index (χ0v) is 13.0. The maximum atomic E-state index is 12.3. The number of hydrogen-bond acceptors (Lipinski definition) is 2. The van der Waals surface area contributed by atoms with Gasteiger partial charge < -0.3 is 5.11 Å². The Kier molecular flexibility index (Phi) is 5.03. The number of phenols is 1. The molecular formula is C16H21BrO2. The number of ketones is 1. The Balaban J connectivity index is 2.08. The second-order valence-corrected chi connectivity index (χ2v) is 6.38. The van der Waals surface area contributed by atoms with Crippen molar-refractivity contribution in [1.29, 1.82) is 0 Å². The average Bonchev–Trinajstić information content (AvgIpc) is 3.12. The van der Waals surface area contributed by atoms with Crippen LogP contribution in [0.4, 0.5) is 0 Å². The Hall–Kier alpha value is -0.830. The zero-order chi connectivity index (χ0) is 13.8. The van der Waals surface area contributed by atoms with Crippen LogP contribution >= 0.6 is 15.9 Å². The van der Waals surface area contributed by atoms with Crippen molar-refractivity contribution in [2.24, 2.45) is 5.92 Å². The third-order valence-electron chi connectivity index (χ3n) is 3.68. The number of hydrogen-bond donors (Lipinski definition) is 1. The van der Waals surface area contributed by atoms with Crippen LogP contribution in [0.25, 0.3) is 0 Å². The molecule has 104 valence electrons. The van der Waals surface area contributed by atoms with Gasteiger partial charge in [-0.05, 0) is 36.5 Å². The highest BCUT2D eigenvalue weighted by molar-refractivity contribution is 9.10. The van der Waals surface area contributed by atoms with Gasteiger partial charge in [-0.2, -0.15) is 0 Å². The molecule has 0 unspecified atom stereocenters. The summed E-state index contributed by atoms with van der Waals surface area (Å²) in [7, 11) is 0. The van der Waals surface area contributed by atoms with E-state index in [2.05, 4.69) is 22.9 Å². The van der Waals surface area contributed by atoms with Gasteiger partial charge in [-0.25, -0.2) is 0 Å². The Morgan fingerprint density at radius 1 is 1.42 bits per heavy atom. The van der Waals surface area contributed by atoms with Crippen molar-refractivity contribution in [3.63, 3.8) is 0 Å². The molecule has 1 aromatic carbocycles. The maximum Gasteiger partial charge on any atom is 0.166 e. The quantitative estimate of drug-likeness (QED) is 0.726. The van der Waals surface area contributed by atoms with Crippen LogP contribution in [-0.2, 0) is 6.42 Å². The molecule has 0 heterocycles.